The van der Waals surface area contributed by atoms with Crippen molar-refractivity contribution in [2.45, 2.75) is 38.8 Å². The lowest BCUT2D eigenvalue weighted by Crippen LogP contribution is -2.39. The second-order valence-corrected chi connectivity index (χ2v) is 7.44. The monoisotopic (exact) mass is 399 g/mol. The number of hydrogen-bond donors (Lipinski definition) is 1. The molecule has 0 amide bonds. The molecule has 0 spiro atoms. The molecule has 1 aromatic carbocycles. The van der Waals surface area contributed by atoms with E-state index in [9.17, 15) is 8.78 Å². The highest BCUT2D eigenvalue weighted by Crippen LogP contribution is 2.29. The summed E-state index contributed by atoms with van der Waals surface area (Å²) in [5.41, 5.74) is 1.53. The molecule has 8 heteroatoms. The molecule has 152 valence electrons. The second-order valence-electron chi connectivity index (χ2n) is 7.44. The van der Waals surface area contributed by atoms with Gasteiger partial charge in [-0.2, -0.15) is 0 Å². The molecule has 6 nitrogen and oxygen atoms in total. The number of hydrogen-bond acceptors (Lipinski definition) is 6. The molecule has 3 aromatic rings. The van der Waals surface area contributed by atoms with Gasteiger partial charge in [0, 0.05) is 44.2 Å². The summed E-state index contributed by atoms with van der Waals surface area (Å²) in [5.74, 6) is 0.319. The van der Waals surface area contributed by atoms with Crippen molar-refractivity contribution in [2.75, 3.05) is 23.3 Å². The fourth-order valence-corrected chi connectivity index (χ4v) is 3.42. The van der Waals surface area contributed by atoms with Crippen LogP contribution in [0.1, 0.15) is 26.7 Å². The largest absolute Gasteiger partial charge is 0.487 e. The van der Waals surface area contributed by atoms with Gasteiger partial charge in [-0.1, -0.05) is 0 Å². The highest BCUT2D eigenvalue weighted by atomic mass is 19.1. The Morgan fingerprint density at radius 3 is 2.62 bits per heavy atom. The molecule has 0 radical (unpaired) electrons. The van der Waals surface area contributed by atoms with E-state index in [1.165, 1.54) is 12.1 Å². The Morgan fingerprint density at radius 1 is 1.10 bits per heavy atom. The Kier molecular flexibility index (Phi) is 5.42. The van der Waals surface area contributed by atoms with Crippen molar-refractivity contribution in [2.24, 2.45) is 0 Å². The van der Waals surface area contributed by atoms with Gasteiger partial charge < -0.3 is 15.0 Å². The van der Waals surface area contributed by atoms with E-state index < -0.39 is 11.6 Å². The number of nitrogens with one attached hydrogen (secondary N) is 1. The molecular weight excluding hydrogens is 376 g/mol. The van der Waals surface area contributed by atoms with E-state index in [0.717, 1.165) is 28.7 Å². The molecule has 4 rings (SSSR count). The van der Waals surface area contributed by atoms with E-state index in [1.807, 2.05) is 6.07 Å². The molecule has 0 bridgehead atoms. The summed E-state index contributed by atoms with van der Waals surface area (Å²) in [5, 5.41) is 3.37. The molecule has 0 saturated carbocycles. The van der Waals surface area contributed by atoms with Crippen LogP contribution in [0.4, 0.5) is 20.4 Å². The van der Waals surface area contributed by atoms with E-state index >= 15 is 0 Å². The Bertz CT molecular complexity index is 1010. The fraction of sp³-hybridized carbons (Fsp3) is 0.381. The molecular formula is C21H23F2N5O. The van der Waals surface area contributed by atoms with Gasteiger partial charge in [-0.3, -0.25) is 4.98 Å². The zero-order chi connectivity index (χ0) is 20.4. The molecule has 1 fully saturated rings. The van der Waals surface area contributed by atoms with Crippen LogP contribution < -0.4 is 15.0 Å². The van der Waals surface area contributed by atoms with E-state index in [0.29, 0.717) is 25.9 Å². The van der Waals surface area contributed by atoms with Crippen molar-refractivity contribution >= 4 is 22.7 Å². The van der Waals surface area contributed by atoms with Crippen LogP contribution in [0.25, 0.3) is 11.0 Å². The lowest BCUT2D eigenvalue weighted by atomic mass is 10.1. The maximum absolute atomic E-state index is 13.9. The molecule has 2 aromatic heterocycles. The fourth-order valence-electron chi connectivity index (χ4n) is 3.42. The van der Waals surface area contributed by atoms with Gasteiger partial charge in [0.05, 0.1) is 11.7 Å². The van der Waals surface area contributed by atoms with Crippen molar-refractivity contribution in [1.29, 1.82) is 0 Å². The predicted octanol–water partition coefficient (Wildman–Crippen LogP) is 4.17. The SMILES string of the molecule is CC(C)Nc1nc2ccncc2nc1N1CCC(Oc2ccc(F)cc2F)CC1. The van der Waals surface area contributed by atoms with Crippen LogP contribution in [-0.2, 0) is 0 Å². The minimum absolute atomic E-state index is 0.0867. The number of rotatable bonds is 5. The minimum atomic E-state index is -0.677. The van der Waals surface area contributed by atoms with Gasteiger partial charge in [0.25, 0.3) is 0 Å². The number of pyridine rings is 1. The standard InChI is InChI=1S/C21H23F2N5O/c1-13(2)25-20-21(27-18-12-24-8-5-17(18)26-20)28-9-6-15(7-10-28)29-19-4-3-14(22)11-16(19)23/h3-5,8,11-13,15H,6-7,9-10H2,1-2H3,(H,25,26). The Hall–Kier alpha value is -3.03. The van der Waals surface area contributed by atoms with Crippen LogP contribution in [0.3, 0.4) is 0 Å². The molecule has 0 unspecified atom stereocenters. The number of anilines is 2. The first-order chi connectivity index (χ1) is 14.0. The molecule has 1 aliphatic heterocycles. The van der Waals surface area contributed by atoms with Gasteiger partial charge >= 0.3 is 0 Å². The van der Waals surface area contributed by atoms with Gasteiger partial charge in [-0.25, -0.2) is 18.7 Å². The Labute approximate surface area is 167 Å². The van der Waals surface area contributed by atoms with E-state index in [4.69, 9.17) is 14.7 Å². The van der Waals surface area contributed by atoms with Gasteiger partial charge in [-0.15, -0.1) is 0 Å². The summed E-state index contributed by atoms with van der Waals surface area (Å²) in [4.78, 5) is 15.8. The highest BCUT2D eigenvalue weighted by Gasteiger charge is 2.25. The van der Waals surface area contributed by atoms with Crippen molar-refractivity contribution in [3.05, 3.63) is 48.3 Å². The number of benzene rings is 1. The van der Waals surface area contributed by atoms with Crippen molar-refractivity contribution in [1.82, 2.24) is 15.0 Å². The Balaban J connectivity index is 1.50. The highest BCUT2D eigenvalue weighted by molar-refractivity contribution is 5.79. The van der Waals surface area contributed by atoms with E-state index in [2.05, 4.69) is 29.0 Å². The van der Waals surface area contributed by atoms with Gasteiger partial charge in [0.2, 0.25) is 0 Å². The Morgan fingerprint density at radius 2 is 1.90 bits per heavy atom. The van der Waals surface area contributed by atoms with Crippen LogP contribution in [-0.4, -0.2) is 40.2 Å². The number of ether oxygens (including phenoxy) is 1. The van der Waals surface area contributed by atoms with Crippen LogP contribution in [0.2, 0.25) is 0 Å². The van der Waals surface area contributed by atoms with Crippen LogP contribution >= 0.6 is 0 Å². The average Bonchev–Trinajstić information content (AvgIpc) is 2.70. The average molecular weight is 399 g/mol. The third kappa shape index (κ3) is 4.36. The summed E-state index contributed by atoms with van der Waals surface area (Å²) >= 11 is 0. The predicted molar refractivity (Wildman–Crippen MR) is 108 cm³/mol. The zero-order valence-corrected chi connectivity index (χ0v) is 16.4. The van der Waals surface area contributed by atoms with Crippen molar-refractivity contribution in [3.8, 4) is 5.75 Å². The summed E-state index contributed by atoms with van der Waals surface area (Å²) in [6.07, 6.45) is 4.67. The van der Waals surface area contributed by atoms with Gasteiger partial charge in [0.1, 0.15) is 17.4 Å². The molecule has 0 atom stereocenters. The smallest absolute Gasteiger partial charge is 0.172 e. The zero-order valence-electron chi connectivity index (χ0n) is 16.4. The topological polar surface area (TPSA) is 63.2 Å². The van der Waals surface area contributed by atoms with Crippen LogP contribution in [0.5, 0.6) is 5.75 Å². The van der Waals surface area contributed by atoms with Crippen LogP contribution in [0, 0.1) is 11.6 Å². The minimum Gasteiger partial charge on any atom is -0.487 e. The van der Waals surface area contributed by atoms with E-state index in [1.54, 1.807) is 12.4 Å². The summed E-state index contributed by atoms with van der Waals surface area (Å²) in [6.45, 7) is 5.50. The maximum atomic E-state index is 13.9. The molecule has 1 saturated heterocycles. The number of piperidine rings is 1. The summed E-state index contributed by atoms with van der Waals surface area (Å²) < 4.78 is 32.7. The van der Waals surface area contributed by atoms with Gasteiger partial charge in [0.15, 0.2) is 23.2 Å². The number of nitrogens with zero attached hydrogens (tertiary/aromatic N) is 4. The lowest BCUT2D eigenvalue weighted by Gasteiger charge is -2.34. The quantitative estimate of drug-likeness (QED) is 0.695. The normalized spacial score (nSPS) is 15.1. The third-order valence-corrected chi connectivity index (χ3v) is 4.80. The first-order valence-electron chi connectivity index (χ1n) is 9.74. The van der Waals surface area contributed by atoms with Gasteiger partial charge in [-0.05, 0) is 32.0 Å². The molecule has 1 N–H and O–H groups in total. The maximum Gasteiger partial charge on any atom is 0.172 e. The second kappa shape index (κ2) is 8.14. The molecule has 3 heterocycles. The van der Waals surface area contributed by atoms with Crippen LogP contribution in [0.15, 0.2) is 36.7 Å². The van der Waals surface area contributed by atoms with E-state index in [-0.39, 0.29) is 17.9 Å². The summed E-state index contributed by atoms with van der Waals surface area (Å²) in [6, 6.07) is 5.44. The molecule has 1 aliphatic rings. The number of halogens is 2. The first kappa shape index (κ1) is 19.3. The first-order valence-corrected chi connectivity index (χ1v) is 9.74. The summed E-state index contributed by atoms with van der Waals surface area (Å²) in [7, 11) is 0. The number of aromatic nitrogens is 3. The number of fused-ring (bicyclic) bond motifs is 1. The third-order valence-electron chi connectivity index (χ3n) is 4.80. The van der Waals surface area contributed by atoms with Crippen molar-refractivity contribution in [3.63, 3.8) is 0 Å². The van der Waals surface area contributed by atoms with Crippen molar-refractivity contribution < 1.29 is 13.5 Å². The molecule has 29 heavy (non-hydrogen) atoms. The lowest BCUT2D eigenvalue weighted by molar-refractivity contribution is 0.163. The molecule has 0 aliphatic carbocycles.